The third kappa shape index (κ3) is 74.9. The van der Waals surface area contributed by atoms with Crippen LogP contribution in [-0.4, -0.2) is 96.7 Å². The molecule has 0 aromatic heterocycles. The molecule has 0 saturated carbocycles. The lowest BCUT2D eigenvalue weighted by molar-refractivity contribution is -0.161. The van der Waals surface area contributed by atoms with E-state index in [2.05, 4.69) is 48.5 Å². The number of esters is 4. The number of phosphoric ester groups is 2. The molecule has 0 aliphatic carbocycles. The van der Waals surface area contributed by atoms with Gasteiger partial charge in [0.15, 0.2) is 12.2 Å². The molecule has 0 spiro atoms. The minimum Gasteiger partial charge on any atom is -0.462 e. The molecule has 3 N–H and O–H groups in total. The van der Waals surface area contributed by atoms with Crippen molar-refractivity contribution in [2.75, 3.05) is 39.6 Å². The van der Waals surface area contributed by atoms with Crippen LogP contribution in [0.4, 0.5) is 0 Å². The van der Waals surface area contributed by atoms with Gasteiger partial charge in [-0.05, 0) is 43.4 Å². The Balaban J connectivity index is 5.23. The quantitative estimate of drug-likeness (QED) is 0.0222. The lowest BCUT2D eigenvalue weighted by Gasteiger charge is -2.21. The first kappa shape index (κ1) is 100. The Morgan fingerprint density at radius 1 is 0.284 bits per heavy atom. The Labute approximate surface area is 626 Å². The van der Waals surface area contributed by atoms with E-state index in [4.69, 9.17) is 37.0 Å². The monoisotopic (exact) mass is 1490 g/mol. The summed E-state index contributed by atoms with van der Waals surface area (Å²) in [5.74, 6) is 0.306. The van der Waals surface area contributed by atoms with Crippen LogP contribution in [0.1, 0.15) is 434 Å². The molecule has 0 aliphatic rings. The van der Waals surface area contributed by atoms with Crippen LogP contribution >= 0.6 is 15.6 Å². The highest BCUT2D eigenvalue weighted by Crippen LogP contribution is 2.45. The van der Waals surface area contributed by atoms with Crippen molar-refractivity contribution in [1.29, 1.82) is 0 Å². The number of unbranched alkanes of at least 4 members (excludes halogenated alkanes) is 48. The smallest absolute Gasteiger partial charge is 0.462 e. The largest absolute Gasteiger partial charge is 0.472 e. The fourth-order valence-electron chi connectivity index (χ4n) is 12.8. The summed E-state index contributed by atoms with van der Waals surface area (Å²) in [6.07, 6.45) is 62.4. The van der Waals surface area contributed by atoms with E-state index in [1.165, 1.54) is 244 Å². The molecular formula is C83H162O17P2. The Morgan fingerprint density at radius 2 is 0.500 bits per heavy atom. The van der Waals surface area contributed by atoms with Gasteiger partial charge >= 0.3 is 39.5 Å². The van der Waals surface area contributed by atoms with Crippen molar-refractivity contribution in [2.24, 2.45) is 17.8 Å². The fraction of sp³-hybridized carbons (Fsp3) is 0.952. The maximum Gasteiger partial charge on any atom is 0.472 e. The molecule has 0 fully saturated rings. The van der Waals surface area contributed by atoms with E-state index in [1.54, 1.807) is 0 Å². The van der Waals surface area contributed by atoms with Crippen molar-refractivity contribution in [3.63, 3.8) is 0 Å². The molecule has 0 amide bonds. The minimum atomic E-state index is -4.96. The van der Waals surface area contributed by atoms with Crippen LogP contribution in [0, 0.1) is 17.8 Å². The number of carbonyl (C=O) groups excluding carboxylic acids is 4. The maximum absolute atomic E-state index is 13.1. The number of carbonyl (C=O) groups is 4. The summed E-state index contributed by atoms with van der Waals surface area (Å²) in [4.78, 5) is 73.1. The molecule has 3 unspecified atom stereocenters. The van der Waals surface area contributed by atoms with Crippen molar-refractivity contribution >= 4 is 39.5 Å². The SMILES string of the molecule is CCCCCCCCCCCCCC(=O)OC[C@H](COP(=O)(O)OC[C@H](O)COP(=O)(O)OC[C@@H](COC(=O)CCCCCCCCCCCCCCCC(C)C)OC(=O)CCCCCCCCCCCCCCCCCCCCC(C)CC)OC(=O)CCCCCCCCCCCCC(C)C. The van der Waals surface area contributed by atoms with Gasteiger partial charge in [0.25, 0.3) is 0 Å². The van der Waals surface area contributed by atoms with Gasteiger partial charge in [0.1, 0.15) is 19.3 Å². The van der Waals surface area contributed by atoms with E-state index in [0.29, 0.717) is 25.7 Å². The highest BCUT2D eigenvalue weighted by atomic mass is 31.2. The first-order chi connectivity index (χ1) is 49.3. The molecule has 0 rings (SSSR count). The highest BCUT2D eigenvalue weighted by Gasteiger charge is 2.30. The second kappa shape index (κ2) is 73.2. The van der Waals surface area contributed by atoms with Crippen LogP contribution in [0.25, 0.3) is 0 Å². The molecule has 0 aliphatic heterocycles. The third-order valence-corrected chi connectivity index (χ3v) is 21.6. The summed E-state index contributed by atoms with van der Waals surface area (Å²) in [7, 11) is -9.92. The van der Waals surface area contributed by atoms with Crippen molar-refractivity contribution < 1.29 is 80.2 Å². The number of hydrogen-bond acceptors (Lipinski definition) is 15. The Bertz CT molecular complexity index is 1980. The van der Waals surface area contributed by atoms with Crippen LogP contribution < -0.4 is 0 Å². The normalized spacial score (nSPS) is 14.2. The van der Waals surface area contributed by atoms with Gasteiger partial charge in [-0.3, -0.25) is 37.3 Å². The molecular weight excluding hydrogens is 1330 g/mol. The summed E-state index contributed by atoms with van der Waals surface area (Å²) in [5, 5.41) is 10.7. The summed E-state index contributed by atoms with van der Waals surface area (Å²) in [6, 6.07) is 0. The lowest BCUT2D eigenvalue weighted by atomic mass is 9.99. The van der Waals surface area contributed by atoms with E-state index in [-0.39, 0.29) is 25.7 Å². The number of rotatable bonds is 81. The zero-order valence-corrected chi connectivity index (χ0v) is 68.9. The fourth-order valence-corrected chi connectivity index (χ4v) is 14.4. The van der Waals surface area contributed by atoms with Crippen LogP contribution in [0.5, 0.6) is 0 Å². The number of aliphatic hydroxyl groups excluding tert-OH is 1. The summed E-state index contributed by atoms with van der Waals surface area (Å²) < 4.78 is 68.8. The first-order valence-electron chi connectivity index (χ1n) is 42.9. The standard InChI is InChI=1S/C83H162O17P2/c1-8-10-11-12-13-14-26-36-43-50-57-64-80(85)93-70-79(100-83(88)67-60-53-46-39-32-31-34-41-48-55-62-75(5)6)73-98-102(91,92)96-69-77(84)68-95-101(89,90)97-72-78(71-94-81(86)65-58-51-44-37-29-25-21-22-27-33-40-47-54-61-74(3)4)99-82(87)66-59-52-45-38-30-24-20-18-16-15-17-19-23-28-35-42-49-56-63-76(7)9-2/h74-79,84H,8-73H2,1-7H3,(H,89,90)(H,91,92)/t76?,77-,78-,79-/m1/s1. The second-order valence-electron chi connectivity index (χ2n) is 31.1. The van der Waals surface area contributed by atoms with Crippen LogP contribution in [0.3, 0.4) is 0 Å². The topological polar surface area (TPSA) is 237 Å². The maximum atomic E-state index is 13.1. The van der Waals surface area contributed by atoms with Gasteiger partial charge in [0, 0.05) is 25.7 Å². The Hall–Kier alpha value is -1.94. The molecule has 0 radical (unpaired) electrons. The van der Waals surface area contributed by atoms with Crippen molar-refractivity contribution in [2.45, 2.75) is 452 Å². The average molecular weight is 1490 g/mol. The van der Waals surface area contributed by atoms with Gasteiger partial charge in [-0.15, -0.1) is 0 Å². The van der Waals surface area contributed by atoms with Crippen molar-refractivity contribution in [3.8, 4) is 0 Å². The van der Waals surface area contributed by atoms with Gasteiger partial charge in [-0.25, -0.2) is 9.13 Å². The molecule has 6 atom stereocenters. The Morgan fingerprint density at radius 3 is 0.745 bits per heavy atom. The molecule has 606 valence electrons. The van der Waals surface area contributed by atoms with E-state index in [9.17, 15) is 43.2 Å². The van der Waals surface area contributed by atoms with E-state index < -0.39 is 97.5 Å². The van der Waals surface area contributed by atoms with Crippen LogP contribution in [0.15, 0.2) is 0 Å². The Kier molecular flexibility index (Phi) is 71.8. The van der Waals surface area contributed by atoms with Crippen molar-refractivity contribution in [3.05, 3.63) is 0 Å². The molecule has 102 heavy (non-hydrogen) atoms. The van der Waals surface area contributed by atoms with E-state index in [1.807, 2.05) is 0 Å². The van der Waals surface area contributed by atoms with Gasteiger partial charge < -0.3 is 33.8 Å². The number of ether oxygens (including phenoxy) is 4. The van der Waals surface area contributed by atoms with E-state index >= 15 is 0 Å². The number of hydrogen-bond donors (Lipinski definition) is 3. The average Bonchev–Trinajstić information content (AvgIpc) is 0.912. The molecule has 19 heteroatoms. The highest BCUT2D eigenvalue weighted by molar-refractivity contribution is 7.47. The number of phosphoric acid groups is 2. The van der Waals surface area contributed by atoms with Gasteiger partial charge in [0.05, 0.1) is 26.4 Å². The predicted molar refractivity (Wildman–Crippen MR) is 418 cm³/mol. The molecule has 0 saturated heterocycles. The minimum absolute atomic E-state index is 0.106. The van der Waals surface area contributed by atoms with Gasteiger partial charge in [0.2, 0.25) is 0 Å². The molecule has 17 nitrogen and oxygen atoms in total. The molecule has 0 heterocycles. The van der Waals surface area contributed by atoms with Crippen LogP contribution in [-0.2, 0) is 65.4 Å². The zero-order valence-electron chi connectivity index (χ0n) is 67.1. The zero-order chi connectivity index (χ0) is 75.1. The lowest BCUT2D eigenvalue weighted by Crippen LogP contribution is -2.30. The van der Waals surface area contributed by atoms with Gasteiger partial charge in [-0.1, -0.05) is 382 Å². The van der Waals surface area contributed by atoms with Gasteiger partial charge in [-0.2, -0.15) is 0 Å². The second-order valence-corrected chi connectivity index (χ2v) is 34.0. The van der Waals surface area contributed by atoms with Crippen LogP contribution in [0.2, 0.25) is 0 Å². The third-order valence-electron chi connectivity index (χ3n) is 19.7. The number of aliphatic hydroxyl groups is 1. The summed E-state index contributed by atoms with van der Waals surface area (Å²) in [6.45, 7) is 12.0. The summed E-state index contributed by atoms with van der Waals surface area (Å²) in [5.41, 5.74) is 0. The van der Waals surface area contributed by atoms with Crippen molar-refractivity contribution in [1.82, 2.24) is 0 Å². The predicted octanol–water partition coefficient (Wildman–Crippen LogP) is 24.9. The first-order valence-corrected chi connectivity index (χ1v) is 45.9. The molecule has 0 aromatic rings. The summed E-state index contributed by atoms with van der Waals surface area (Å²) >= 11 is 0. The molecule has 0 bridgehead atoms. The molecule has 0 aromatic carbocycles. The van der Waals surface area contributed by atoms with E-state index in [0.717, 1.165) is 108 Å².